The van der Waals surface area contributed by atoms with E-state index in [0.29, 0.717) is 0 Å². The molecular formula is C7H5B. The van der Waals surface area contributed by atoms with Gasteiger partial charge in [-0.1, -0.05) is 0 Å². The third-order valence-electron chi connectivity index (χ3n) is 1.38. The molecule has 1 aliphatic rings. The average molecular weight is 99.9 g/mol. The van der Waals surface area contributed by atoms with E-state index < -0.39 is 0 Å². The van der Waals surface area contributed by atoms with Crippen LogP contribution in [-0.4, -0.2) is 6.91 Å². The summed E-state index contributed by atoms with van der Waals surface area (Å²) in [6.07, 6.45) is 4.24. The summed E-state index contributed by atoms with van der Waals surface area (Å²) in [6, 6.07) is 6.28. The SMILES string of the molecule is b1c2cccc1C=C2. The van der Waals surface area contributed by atoms with Gasteiger partial charge in [0.25, 0.3) is 0 Å². The van der Waals surface area contributed by atoms with E-state index in [9.17, 15) is 0 Å². The zero-order valence-electron chi connectivity index (χ0n) is 4.46. The van der Waals surface area contributed by atoms with Crippen molar-refractivity contribution in [1.29, 1.82) is 0 Å². The summed E-state index contributed by atoms with van der Waals surface area (Å²) in [5, 5.41) is 0. The van der Waals surface area contributed by atoms with Gasteiger partial charge < -0.3 is 0 Å². The van der Waals surface area contributed by atoms with Crippen LogP contribution in [0.2, 0.25) is 0 Å². The van der Waals surface area contributed by atoms with Crippen LogP contribution in [0, 0.1) is 0 Å². The third kappa shape index (κ3) is 0.444. The average Bonchev–Trinajstić information content (AvgIpc) is 2.12. The molecule has 0 saturated carbocycles. The standard InChI is InChI=1S/C7H5B/c1-2-6-4-5-7(3-1)8-6/h1-5H. The van der Waals surface area contributed by atoms with Gasteiger partial charge in [-0.15, -0.1) is 0 Å². The monoisotopic (exact) mass is 100 g/mol. The molecule has 0 unspecified atom stereocenters. The minimum absolute atomic E-state index is 1.32. The predicted octanol–water partition coefficient (Wildman–Crippen LogP) is 1.51. The summed E-state index contributed by atoms with van der Waals surface area (Å²) in [6.45, 7) is 2.17. The van der Waals surface area contributed by atoms with Crippen LogP contribution in [0.25, 0.3) is 12.2 Å². The molecular weight excluding hydrogens is 94.9 g/mol. The Morgan fingerprint density at radius 2 is 1.62 bits per heavy atom. The number of hydrogen-bond acceptors (Lipinski definition) is 0. The van der Waals surface area contributed by atoms with E-state index in [1.807, 2.05) is 0 Å². The molecule has 2 rings (SSSR count). The first-order valence-corrected chi connectivity index (χ1v) is 2.73. The molecule has 1 aromatic rings. The van der Waals surface area contributed by atoms with Crippen molar-refractivity contribution in [1.82, 2.24) is 0 Å². The van der Waals surface area contributed by atoms with Crippen LogP contribution in [0.15, 0.2) is 18.2 Å². The fourth-order valence-corrected chi connectivity index (χ4v) is 0.959. The number of fused-ring (bicyclic) bond motifs is 2. The molecule has 1 aromatic heterocycles. The van der Waals surface area contributed by atoms with E-state index in [4.69, 9.17) is 0 Å². The molecule has 0 saturated heterocycles. The quantitative estimate of drug-likeness (QED) is 0.470. The van der Waals surface area contributed by atoms with Gasteiger partial charge in [-0.3, -0.25) is 0 Å². The van der Waals surface area contributed by atoms with Crippen LogP contribution in [0.5, 0.6) is 0 Å². The van der Waals surface area contributed by atoms with Crippen molar-refractivity contribution in [2.45, 2.75) is 0 Å². The Bertz CT molecular complexity index is 217. The topological polar surface area (TPSA) is 0 Å². The van der Waals surface area contributed by atoms with E-state index in [0.717, 1.165) is 0 Å². The maximum atomic E-state index is 2.17. The molecule has 0 radical (unpaired) electrons. The molecule has 2 heterocycles. The van der Waals surface area contributed by atoms with Gasteiger partial charge in [-0.2, -0.15) is 0 Å². The summed E-state index contributed by atoms with van der Waals surface area (Å²) in [7, 11) is 0. The van der Waals surface area contributed by atoms with Gasteiger partial charge in [-0.25, -0.2) is 0 Å². The van der Waals surface area contributed by atoms with Crippen LogP contribution in [0.1, 0.15) is 10.9 Å². The Hall–Kier alpha value is -0.845. The van der Waals surface area contributed by atoms with Gasteiger partial charge in [0.2, 0.25) is 0 Å². The van der Waals surface area contributed by atoms with Crippen molar-refractivity contribution in [3.63, 3.8) is 0 Å². The van der Waals surface area contributed by atoms with E-state index in [-0.39, 0.29) is 0 Å². The fraction of sp³-hybridized carbons (Fsp3) is 0. The summed E-state index contributed by atoms with van der Waals surface area (Å²) in [5.41, 5.74) is 2.64. The van der Waals surface area contributed by atoms with Gasteiger partial charge in [0, 0.05) is 0 Å². The molecule has 0 aromatic carbocycles. The summed E-state index contributed by atoms with van der Waals surface area (Å²) in [5.74, 6) is 0. The molecule has 2 bridgehead atoms. The Morgan fingerprint density at radius 3 is 2.12 bits per heavy atom. The van der Waals surface area contributed by atoms with E-state index in [2.05, 4.69) is 37.3 Å². The Balaban J connectivity index is 2.82. The van der Waals surface area contributed by atoms with Crippen molar-refractivity contribution >= 4 is 19.1 Å². The zero-order chi connectivity index (χ0) is 5.40. The Morgan fingerprint density at radius 1 is 1.00 bits per heavy atom. The van der Waals surface area contributed by atoms with Crippen molar-refractivity contribution in [2.24, 2.45) is 0 Å². The molecule has 0 fully saturated rings. The minimum atomic E-state index is 1.32. The van der Waals surface area contributed by atoms with E-state index in [1.54, 1.807) is 0 Å². The molecule has 0 nitrogen and oxygen atoms in total. The second kappa shape index (κ2) is 1.31. The van der Waals surface area contributed by atoms with Crippen LogP contribution < -0.4 is 0 Å². The first-order valence-electron chi connectivity index (χ1n) is 2.73. The molecule has 36 valence electrons. The summed E-state index contributed by atoms with van der Waals surface area (Å²) in [4.78, 5) is 0. The second-order valence-electron chi connectivity index (χ2n) is 2.00. The molecule has 8 heavy (non-hydrogen) atoms. The molecule has 1 heteroatoms. The number of hydrogen-bond donors (Lipinski definition) is 0. The zero-order valence-corrected chi connectivity index (χ0v) is 4.46. The van der Waals surface area contributed by atoms with Crippen molar-refractivity contribution in [3.05, 3.63) is 29.1 Å². The van der Waals surface area contributed by atoms with Gasteiger partial charge in [0.1, 0.15) is 0 Å². The molecule has 1 aliphatic heterocycles. The molecule has 0 aliphatic carbocycles. The number of rotatable bonds is 0. The predicted molar refractivity (Wildman–Crippen MR) is 36.7 cm³/mol. The van der Waals surface area contributed by atoms with E-state index in [1.165, 1.54) is 10.9 Å². The van der Waals surface area contributed by atoms with Crippen LogP contribution >= 0.6 is 0 Å². The Labute approximate surface area is 49.1 Å². The van der Waals surface area contributed by atoms with Crippen molar-refractivity contribution < 1.29 is 0 Å². The normalized spacial score (nSPS) is 12.0. The van der Waals surface area contributed by atoms with Gasteiger partial charge in [0.15, 0.2) is 0 Å². The van der Waals surface area contributed by atoms with Crippen molar-refractivity contribution in [3.8, 4) is 0 Å². The van der Waals surface area contributed by atoms with Gasteiger partial charge >= 0.3 is 48.2 Å². The van der Waals surface area contributed by atoms with Crippen LogP contribution in [-0.2, 0) is 0 Å². The summed E-state index contributed by atoms with van der Waals surface area (Å²) < 4.78 is 0. The van der Waals surface area contributed by atoms with Crippen molar-refractivity contribution in [2.75, 3.05) is 0 Å². The molecule has 0 spiro atoms. The van der Waals surface area contributed by atoms with Crippen LogP contribution in [0.3, 0.4) is 0 Å². The van der Waals surface area contributed by atoms with Gasteiger partial charge in [-0.05, 0) is 0 Å². The van der Waals surface area contributed by atoms with E-state index >= 15 is 0 Å². The fourth-order valence-electron chi connectivity index (χ4n) is 0.959. The first-order chi connectivity index (χ1) is 3.95. The Kier molecular flexibility index (Phi) is 0.670. The van der Waals surface area contributed by atoms with Crippen LogP contribution in [0.4, 0.5) is 0 Å². The second-order valence-corrected chi connectivity index (χ2v) is 2.00. The first kappa shape index (κ1) is 4.08. The maximum absolute atomic E-state index is 2.17. The molecule has 0 amide bonds. The van der Waals surface area contributed by atoms with Gasteiger partial charge in [0.05, 0.1) is 0 Å². The molecule has 0 atom stereocenters. The molecule has 0 N–H and O–H groups in total. The summed E-state index contributed by atoms with van der Waals surface area (Å²) >= 11 is 0. The third-order valence-corrected chi connectivity index (χ3v) is 1.38.